The van der Waals surface area contributed by atoms with E-state index in [1.54, 1.807) is 0 Å². The molecule has 104 valence electrons. The van der Waals surface area contributed by atoms with Gasteiger partial charge in [0.1, 0.15) is 0 Å². The van der Waals surface area contributed by atoms with E-state index >= 15 is 0 Å². The third-order valence-corrected chi connectivity index (χ3v) is 3.36. The van der Waals surface area contributed by atoms with Gasteiger partial charge < -0.3 is 10.4 Å². The molecule has 1 unspecified atom stereocenters. The van der Waals surface area contributed by atoms with Gasteiger partial charge in [0, 0.05) is 12.6 Å². The van der Waals surface area contributed by atoms with Crippen LogP contribution >= 0.6 is 0 Å². The molecular weight excluding hydrogens is 232 g/mol. The normalized spacial score (nSPS) is 20.6. The number of carbonyl (C=O) groups is 2. The molecule has 1 rings (SSSR count). The van der Waals surface area contributed by atoms with Crippen LogP contribution in [-0.4, -0.2) is 47.6 Å². The van der Waals surface area contributed by atoms with Crippen LogP contribution in [0.3, 0.4) is 0 Å². The third-order valence-electron chi connectivity index (χ3n) is 3.36. The number of hydrogen-bond acceptors (Lipinski definition) is 3. The Kier molecular flexibility index (Phi) is 6.72. The molecular formula is C13H24N2O3. The minimum atomic E-state index is -0.779. The van der Waals surface area contributed by atoms with Gasteiger partial charge in [0.25, 0.3) is 0 Å². The second-order valence-corrected chi connectivity index (χ2v) is 4.92. The summed E-state index contributed by atoms with van der Waals surface area (Å²) in [6.45, 7) is 3.97. The summed E-state index contributed by atoms with van der Waals surface area (Å²) in [6.07, 6.45) is 5.19. The minimum Gasteiger partial charge on any atom is -0.481 e. The highest BCUT2D eigenvalue weighted by Crippen LogP contribution is 2.19. The summed E-state index contributed by atoms with van der Waals surface area (Å²) in [5.74, 6) is -0.765. The molecule has 0 radical (unpaired) electrons. The molecule has 1 saturated heterocycles. The number of piperidine rings is 1. The number of likely N-dealkylation sites (tertiary alicyclic amines) is 1. The average molecular weight is 256 g/mol. The molecule has 0 aromatic rings. The topological polar surface area (TPSA) is 69.6 Å². The summed E-state index contributed by atoms with van der Waals surface area (Å²) < 4.78 is 0. The maximum absolute atomic E-state index is 11.7. The molecule has 5 heteroatoms. The Bertz CT molecular complexity index is 281. The third kappa shape index (κ3) is 5.49. The van der Waals surface area contributed by atoms with Crippen molar-refractivity contribution in [3.05, 3.63) is 0 Å². The van der Waals surface area contributed by atoms with Crippen LogP contribution in [-0.2, 0) is 9.59 Å². The van der Waals surface area contributed by atoms with Crippen LogP contribution in [0, 0.1) is 0 Å². The van der Waals surface area contributed by atoms with Crippen LogP contribution < -0.4 is 5.32 Å². The molecule has 1 amide bonds. The molecule has 1 aliphatic heterocycles. The van der Waals surface area contributed by atoms with Gasteiger partial charge in [0.05, 0.1) is 13.0 Å². The Balaban J connectivity index is 2.36. The van der Waals surface area contributed by atoms with Crippen molar-refractivity contribution in [2.45, 2.75) is 51.5 Å². The number of carbonyl (C=O) groups excluding carboxylic acids is 1. The van der Waals surface area contributed by atoms with Gasteiger partial charge in [-0.15, -0.1) is 0 Å². The van der Waals surface area contributed by atoms with Crippen molar-refractivity contribution in [2.24, 2.45) is 0 Å². The highest BCUT2D eigenvalue weighted by molar-refractivity contribution is 5.78. The van der Waals surface area contributed by atoms with E-state index in [4.69, 9.17) is 5.11 Å². The average Bonchev–Trinajstić information content (AvgIpc) is 2.31. The predicted molar refractivity (Wildman–Crippen MR) is 69.4 cm³/mol. The van der Waals surface area contributed by atoms with Crippen molar-refractivity contribution in [3.63, 3.8) is 0 Å². The lowest BCUT2D eigenvalue weighted by Crippen LogP contribution is -2.46. The number of carboxylic acids is 1. The highest BCUT2D eigenvalue weighted by Gasteiger charge is 2.25. The lowest BCUT2D eigenvalue weighted by Gasteiger charge is -2.34. The molecule has 18 heavy (non-hydrogen) atoms. The van der Waals surface area contributed by atoms with Crippen molar-refractivity contribution in [2.75, 3.05) is 19.6 Å². The zero-order valence-corrected chi connectivity index (χ0v) is 11.2. The molecule has 0 aromatic carbocycles. The molecule has 0 bridgehead atoms. The van der Waals surface area contributed by atoms with Gasteiger partial charge in [0.2, 0.25) is 5.91 Å². The van der Waals surface area contributed by atoms with Gasteiger partial charge in [-0.3, -0.25) is 14.5 Å². The Morgan fingerprint density at radius 2 is 2.17 bits per heavy atom. The van der Waals surface area contributed by atoms with Crippen LogP contribution in [0.15, 0.2) is 0 Å². The molecule has 5 nitrogen and oxygen atoms in total. The van der Waals surface area contributed by atoms with Gasteiger partial charge in [-0.25, -0.2) is 0 Å². The number of unbranched alkanes of at least 4 members (excludes halogenated alkanes) is 1. The van der Waals surface area contributed by atoms with Gasteiger partial charge >= 0.3 is 5.97 Å². The molecule has 1 fully saturated rings. The first kappa shape index (κ1) is 15.0. The molecule has 0 saturated carbocycles. The van der Waals surface area contributed by atoms with Crippen LogP contribution in [0.2, 0.25) is 0 Å². The number of nitrogens with zero attached hydrogens (tertiary/aromatic N) is 1. The number of aliphatic carboxylic acids is 1. The number of rotatable bonds is 7. The van der Waals surface area contributed by atoms with E-state index < -0.39 is 5.97 Å². The van der Waals surface area contributed by atoms with Crippen molar-refractivity contribution in [1.29, 1.82) is 0 Å². The fraction of sp³-hybridized carbons (Fsp3) is 0.846. The number of amides is 1. The van der Waals surface area contributed by atoms with Crippen LogP contribution in [0.4, 0.5) is 0 Å². The number of hydrogen-bond donors (Lipinski definition) is 2. The van der Waals surface area contributed by atoms with Gasteiger partial charge in [-0.2, -0.15) is 0 Å². The second kappa shape index (κ2) is 8.08. The van der Waals surface area contributed by atoms with Gasteiger partial charge in [-0.1, -0.05) is 19.8 Å². The molecule has 1 aliphatic rings. The zero-order chi connectivity index (χ0) is 13.4. The Morgan fingerprint density at radius 3 is 2.83 bits per heavy atom. The summed E-state index contributed by atoms with van der Waals surface area (Å²) in [6, 6.07) is 0.0215. The first-order valence-corrected chi connectivity index (χ1v) is 6.86. The Morgan fingerprint density at radius 1 is 1.39 bits per heavy atom. The monoisotopic (exact) mass is 256 g/mol. The molecule has 1 heterocycles. The van der Waals surface area contributed by atoms with E-state index in [1.165, 1.54) is 0 Å². The predicted octanol–water partition coefficient (Wildman–Crippen LogP) is 1.23. The van der Waals surface area contributed by atoms with Crippen LogP contribution in [0.1, 0.15) is 45.4 Å². The van der Waals surface area contributed by atoms with E-state index in [1.807, 2.05) is 4.90 Å². The SMILES string of the molecule is CCCCNC(=O)CN1CCCCC1CC(=O)O. The molecule has 2 N–H and O–H groups in total. The van der Waals surface area contributed by atoms with E-state index in [2.05, 4.69) is 12.2 Å². The van der Waals surface area contributed by atoms with Crippen molar-refractivity contribution >= 4 is 11.9 Å². The first-order chi connectivity index (χ1) is 8.63. The number of carboxylic acid groups (broad SMARTS) is 1. The first-order valence-electron chi connectivity index (χ1n) is 6.86. The van der Waals surface area contributed by atoms with Crippen molar-refractivity contribution in [3.8, 4) is 0 Å². The van der Waals surface area contributed by atoms with E-state index in [0.29, 0.717) is 13.1 Å². The smallest absolute Gasteiger partial charge is 0.304 e. The summed E-state index contributed by atoms with van der Waals surface area (Å²) >= 11 is 0. The summed E-state index contributed by atoms with van der Waals surface area (Å²) in [7, 11) is 0. The van der Waals surface area contributed by atoms with E-state index in [0.717, 1.165) is 38.6 Å². The number of nitrogens with one attached hydrogen (secondary N) is 1. The summed E-state index contributed by atoms with van der Waals surface area (Å²) in [5, 5.41) is 11.7. The molecule has 0 spiro atoms. The molecule has 0 aliphatic carbocycles. The fourth-order valence-corrected chi connectivity index (χ4v) is 2.35. The van der Waals surface area contributed by atoms with E-state index in [-0.39, 0.29) is 18.4 Å². The fourth-order valence-electron chi connectivity index (χ4n) is 2.35. The van der Waals surface area contributed by atoms with Crippen molar-refractivity contribution in [1.82, 2.24) is 10.2 Å². The molecule has 0 aromatic heterocycles. The second-order valence-electron chi connectivity index (χ2n) is 4.92. The van der Waals surface area contributed by atoms with Crippen LogP contribution in [0.25, 0.3) is 0 Å². The quantitative estimate of drug-likeness (QED) is 0.672. The highest BCUT2D eigenvalue weighted by atomic mass is 16.4. The van der Waals surface area contributed by atoms with Gasteiger partial charge in [0.15, 0.2) is 0 Å². The lowest BCUT2D eigenvalue weighted by atomic mass is 9.99. The minimum absolute atomic E-state index is 0.0146. The van der Waals surface area contributed by atoms with Crippen molar-refractivity contribution < 1.29 is 14.7 Å². The summed E-state index contributed by atoms with van der Waals surface area (Å²) in [5.41, 5.74) is 0. The standard InChI is InChI=1S/C13H24N2O3/c1-2-3-7-14-12(16)10-15-8-5-4-6-11(15)9-13(17)18/h11H,2-10H2,1H3,(H,14,16)(H,17,18). The van der Waals surface area contributed by atoms with E-state index in [9.17, 15) is 9.59 Å². The van der Waals surface area contributed by atoms with Gasteiger partial charge in [-0.05, 0) is 25.8 Å². The largest absolute Gasteiger partial charge is 0.481 e. The molecule has 1 atom stereocenters. The van der Waals surface area contributed by atoms with Crippen LogP contribution in [0.5, 0.6) is 0 Å². The Hall–Kier alpha value is -1.10. The maximum atomic E-state index is 11.7. The summed E-state index contributed by atoms with van der Waals surface area (Å²) in [4.78, 5) is 24.5. The maximum Gasteiger partial charge on any atom is 0.304 e. The lowest BCUT2D eigenvalue weighted by molar-refractivity contribution is -0.139. The zero-order valence-electron chi connectivity index (χ0n) is 11.2. The Labute approximate surface area is 109 Å².